The highest BCUT2D eigenvalue weighted by atomic mass is 16.5. The van der Waals surface area contributed by atoms with E-state index in [1.54, 1.807) is 7.11 Å². The second-order valence-corrected chi connectivity index (χ2v) is 6.61. The highest BCUT2D eigenvalue weighted by molar-refractivity contribution is 5.82. The molecule has 21 heavy (non-hydrogen) atoms. The molecule has 0 aliphatic heterocycles. The predicted octanol–water partition coefficient (Wildman–Crippen LogP) is 3.14. The van der Waals surface area contributed by atoms with Crippen LogP contribution in [0.2, 0.25) is 0 Å². The average Bonchev–Trinajstić information content (AvgIpc) is 3.05. The van der Waals surface area contributed by atoms with E-state index in [2.05, 4.69) is 19.2 Å². The highest BCUT2D eigenvalue weighted by Gasteiger charge is 2.50. The summed E-state index contributed by atoms with van der Waals surface area (Å²) in [4.78, 5) is 12.0. The van der Waals surface area contributed by atoms with E-state index in [4.69, 9.17) is 9.47 Å². The fourth-order valence-corrected chi connectivity index (χ4v) is 2.40. The molecule has 1 unspecified atom stereocenters. The Bertz CT molecular complexity index is 523. The normalized spacial score (nSPS) is 19.2. The van der Waals surface area contributed by atoms with E-state index in [0.29, 0.717) is 12.3 Å². The summed E-state index contributed by atoms with van der Waals surface area (Å²) in [6.07, 6.45) is 1.07. The highest BCUT2D eigenvalue weighted by Crippen LogP contribution is 2.51. The summed E-state index contributed by atoms with van der Waals surface area (Å²) in [5.74, 6) is 1.72. The molecule has 1 aromatic carbocycles. The van der Waals surface area contributed by atoms with Crippen LogP contribution in [0.25, 0.3) is 0 Å². The van der Waals surface area contributed by atoms with Gasteiger partial charge in [0.05, 0.1) is 13.2 Å². The molecular weight excluding hydrogens is 266 g/mol. The molecule has 0 spiro atoms. The molecule has 2 rings (SSSR count). The summed E-state index contributed by atoms with van der Waals surface area (Å²) in [6.45, 7) is 8.72. The molecule has 4 nitrogen and oxygen atoms in total. The zero-order valence-corrected chi connectivity index (χ0v) is 13.5. The Morgan fingerprint density at radius 1 is 1.38 bits per heavy atom. The summed E-state index contributed by atoms with van der Waals surface area (Å²) in [5.41, 5.74) is 1.17. The van der Waals surface area contributed by atoms with Gasteiger partial charge in [-0.25, -0.2) is 0 Å². The van der Waals surface area contributed by atoms with Crippen LogP contribution in [0.3, 0.4) is 0 Å². The van der Waals surface area contributed by atoms with E-state index in [9.17, 15) is 4.79 Å². The standard InChI is InChI=1S/C17H25NO3/c1-11(2)21-14-7-6-12(8-15(14)20-5)10-18-16(19)13-9-17(13,3)4/h6-8,11,13H,9-10H2,1-5H3,(H,18,19). The number of ether oxygens (including phenoxy) is 2. The molecule has 1 amide bonds. The minimum atomic E-state index is 0.0987. The monoisotopic (exact) mass is 291 g/mol. The van der Waals surface area contributed by atoms with Crippen LogP contribution in [0.15, 0.2) is 18.2 Å². The van der Waals surface area contributed by atoms with Crippen molar-refractivity contribution in [3.05, 3.63) is 23.8 Å². The first kappa shape index (κ1) is 15.7. The van der Waals surface area contributed by atoms with E-state index in [1.165, 1.54) is 0 Å². The largest absolute Gasteiger partial charge is 0.493 e. The number of nitrogens with one attached hydrogen (secondary N) is 1. The molecule has 116 valence electrons. The molecule has 4 heteroatoms. The van der Waals surface area contributed by atoms with Crippen molar-refractivity contribution in [1.29, 1.82) is 0 Å². The minimum absolute atomic E-state index is 0.0987. The van der Waals surface area contributed by atoms with Crippen LogP contribution < -0.4 is 14.8 Å². The Morgan fingerprint density at radius 3 is 2.57 bits per heavy atom. The summed E-state index contributed by atoms with van der Waals surface area (Å²) in [6, 6.07) is 5.76. The number of carbonyl (C=O) groups is 1. The van der Waals surface area contributed by atoms with E-state index in [0.717, 1.165) is 17.7 Å². The molecule has 1 aliphatic rings. The van der Waals surface area contributed by atoms with Crippen molar-refractivity contribution in [2.75, 3.05) is 7.11 Å². The van der Waals surface area contributed by atoms with Gasteiger partial charge in [0.15, 0.2) is 11.5 Å². The van der Waals surface area contributed by atoms with Crippen molar-refractivity contribution >= 4 is 5.91 Å². The SMILES string of the molecule is COc1cc(CNC(=O)C2CC2(C)C)ccc1OC(C)C. The van der Waals surface area contributed by atoms with Gasteiger partial charge in [-0.1, -0.05) is 19.9 Å². The van der Waals surface area contributed by atoms with Gasteiger partial charge in [-0.05, 0) is 43.4 Å². The Balaban J connectivity index is 1.96. The number of hydrogen-bond acceptors (Lipinski definition) is 3. The lowest BCUT2D eigenvalue weighted by molar-refractivity contribution is -0.123. The molecule has 0 radical (unpaired) electrons. The zero-order chi connectivity index (χ0) is 15.6. The second kappa shape index (κ2) is 5.96. The van der Waals surface area contributed by atoms with Gasteiger partial charge in [-0.2, -0.15) is 0 Å². The summed E-state index contributed by atoms with van der Waals surface area (Å²) in [5, 5.41) is 2.99. The third kappa shape index (κ3) is 3.90. The summed E-state index contributed by atoms with van der Waals surface area (Å²) < 4.78 is 11.0. The van der Waals surface area contributed by atoms with Gasteiger partial charge in [-0.15, -0.1) is 0 Å². The average molecular weight is 291 g/mol. The van der Waals surface area contributed by atoms with Gasteiger partial charge in [0.25, 0.3) is 0 Å². The maximum Gasteiger partial charge on any atom is 0.223 e. The molecule has 0 bridgehead atoms. The Kier molecular flexibility index (Phi) is 4.45. The van der Waals surface area contributed by atoms with E-state index in [1.807, 2.05) is 32.0 Å². The zero-order valence-electron chi connectivity index (χ0n) is 13.5. The Hall–Kier alpha value is -1.71. The minimum Gasteiger partial charge on any atom is -0.493 e. The topological polar surface area (TPSA) is 47.6 Å². The number of rotatable bonds is 6. The van der Waals surface area contributed by atoms with Crippen LogP contribution in [-0.4, -0.2) is 19.1 Å². The molecular formula is C17H25NO3. The first-order valence-corrected chi connectivity index (χ1v) is 7.45. The Morgan fingerprint density at radius 2 is 2.05 bits per heavy atom. The van der Waals surface area contributed by atoms with Crippen molar-refractivity contribution in [2.24, 2.45) is 11.3 Å². The molecule has 1 N–H and O–H groups in total. The molecule has 1 atom stereocenters. The number of hydrogen-bond donors (Lipinski definition) is 1. The number of carbonyl (C=O) groups excluding carboxylic acids is 1. The first-order chi connectivity index (χ1) is 9.83. The van der Waals surface area contributed by atoms with Crippen LogP contribution in [0.4, 0.5) is 0 Å². The predicted molar refractivity (Wildman–Crippen MR) is 82.5 cm³/mol. The van der Waals surface area contributed by atoms with E-state index >= 15 is 0 Å². The molecule has 0 aromatic heterocycles. The first-order valence-electron chi connectivity index (χ1n) is 7.45. The molecule has 1 aromatic rings. The lowest BCUT2D eigenvalue weighted by Crippen LogP contribution is -2.26. The van der Waals surface area contributed by atoms with Crippen LogP contribution in [0.5, 0.6) is 11.5 Å². The van der Waals surface area contributed by atoms with Crippen molar-refractivity contribution in [1.82, 2.24) is 5.32 Å². The Labute approximate surface area is 126 Å². The third-order valence-electron chi connectivity index (χ3n) is 3.89. The van der Waals surface area contributed by atoms with Crippen molar-refractivity contribution in [2.45, 2.75) is 46.8 Å². The quantitative estimate of drug-likeness (QED) is 0.876. The molecule has 0 saturated heterocycles. The smallest absolute Gasteiger partial charge is 0.223 e. The van der Waals surface area contributed by atoms with Gasteiger partial charge in [0, 0.05) is 12.5 Å². The maximum atomic E-state index is 12.0. The lowest BCUT2D eigenvalue weighted by Gasteiger charge is -2.15. The maximum absolute atomic E-state index is 12.0. The van der Waals surface area contributed by atoms with Gasteiger partial charge in [0.1, 0.15) is 0 Å². The fraction of sp³-hybridized carbons (Fsp3) is 0.588. The van der Waals surface area contributed by atoms with Crippen molar-refractivity contribution in [3.8, 4) is 11.5 Å². The molecule has 0 heterocycles. The number of amides is 1. The molecule has 1 saturated carbocycles. The van der Waals surface area contributed by atoms with Gasteiger partial charge in [0.2, 0.25) is 5.91 Å². The second-order valence-electron chi connectivity index (χ2n) is 6.61. The van der Waals surface area contributed by atoms with Gasteiger partial charge < -0.3 is 14.8 Å². The van der Waals surface area contributed by atoms with Crippen molar-refractivity contribution < 1.29 is 14.3 Å². The van der Waals surface area contributed by atoms with E-state index in [-0.39, 0.29) is 23.3 Å². The number of benzene rings is 1. The molecule has 1 fully saturated rings. The fourth-order valence-electron chi connectivity index (χ4n) is 2.40. The number of methoxy groups -OCH3 is 1. The lowest BCUT2D eigenvalue weighted by atomic mass is 10.1. The van der Waals surface area contributed by atoms with Crippen LogP contribution >= 0.6 is 0 Å². The summed E-state index contributed by atoms with van der Waals surface area (Å²) >= 11 is 0. The van der Waals surface area contributed by atoms with Gasteiger partial charge >= 0.3 is 0 Å². The van der Waals surface area contributed by atoms with Crippen LogP contribution in [0, 0.1) is 11.3 Å². The van der Waals surface area contributed by atoms with Crippen LogP contribution in [0.1, 0.15) is 39.7 Å². The van der Waals surface area contributed by atoms with Gasteiger partial charge in [-0.3, -0.25) is 4.79 Å². The van der Waals surface area contributed by atoms with Crippen LogP contribution in [-0.2, 0) is 11.3 Å². The third-order valence-corrected chi connectivity index (χ3v) is 3.89. The molecule has 1 aliphatic carbocycles. The van der Waals surface area contributed by atoms with Crippen molar-refractivity contribution in [3.63, 3.8) is 0 Å². The van der Waals surface area contributed by atoms with E-state index < -0.39 is 0 Å². The summed E-state index contributed by atoms with van der Waals surface area (Å²) in [7, 11) is 1.62.